The van der Waals surface area contributed by atoms with E-state index in [1.165, 1.54) is 70.6 Å². The van der Waals surface area contributed by atoms with Crippen molar-refractivity contribution in [1.82, 2.24) is 0 Å². The number of hydrogen-bond acceptors (Lipinski definition) is 0. The molecule has 0 N–H and O–H groups in total. The minimum Gasteiger partial charge on any atom is -0.0654 e. The van der Waals surface area contributed by atoms with Gasteiger partial charge in [0.25, 0.3) is 0 Å². The van der Waals surface area contributed by atoms with Crippen LogP contribution in [0.25, 0.3) is 0 Å². The molecule has 14 heavy (non-hydrogen) atoms. The molecule has 86 valence electrons. The first-order valence-electron chi connectivity index (χ1n) is 6.43. The zero-order valence-corrected chi connectivity index (χ0v) is 11.4. The van der Waals surface area contributed by atoms with E-state index in [2.05, 4.69) is 6.92 Å². The summed E-state index contributed by atoms with van der Waals surface area (Å²) in [5.74, 6) is 1.11. The molecule has 0 aromatic heterocycles. The van der Waals surface area contributed by atoms with E-state index >= 15 is 0 Å². The summed E-state index contributed by atoms with van der Waals surface area (Å²) in [7, 11) is 0. The van der Waals surface area contributed by atoms with Crippen LogP contribution >= 0.6 is 0 Å². The molecular formula is C13H26Ru. The molecule has 0 unspecified atom stereocenters. The Hall–Kier alpha value is 0.623. The molecule has 0 bridgehead atoms. The molecule has 2 fully saturated rings. The van der Waals surface area contributed by atoms with Crippen LogP contribution in [0.1, 0.15) is 77.6 Å². The average molecular weight is 283 g/mol. The summed E-state index contributed by atoms with van der Waals surface area (Å²) in [5, 5.41) is 0. The first-order valence-corrected chi connectivity index (χ1v) is 6.43. The zero-order valence-electron chi connectivity index (χ0n) is 9.71. The molecule has 2 aliphatic rings. The van der Waals surface area contributed by atoms with Gasteiger partial charge >= 0.3 is 0 Å². The van der Waals surface area contributed by atoms with Gasteiger partial charge in [-0.25, -0.2) is 0 Å². The van der Waals surface area contributed by atoms with E-state index < -0.39 is 0 Å². The van der Waals surface area contributed by atoms with Gasteiger partial charge in [0.05, 0.1) is 0 Å². The quantitative estimate of drug-likeness (QED) is 0.631. The first-order chi connectivity index (χ1) is 6.43. The predicted octanol–water partition coefficient (Wildman–Crippen LogP) is 4.92. The van der Waals surface area contributed by atoms with Crippen LogP contribution in [-0.2, 0) is 19.5 Å². The van der Waals surface area contributed by atoms with Crippen LogP contribution in [0.15, 0.2) is 0 Å². The van der Waals surface area contributed by atoms with Crippen LogP contribution < -0.4 is 0 Å². The third-order valence-corrected chi connectivity index (χ3v) is 3.42. The van der Waals surface area contributed by atoms with E-state index in [-0.39, 0.29) is 19.5 Å². The Balaban J connectivity index is 0.000000246. The van der Waals surface area contributed by atoms with E-state index in [0.29, 0.717) is 0 Å². The molecule has 0 aliphatic heterocycles. The monoisotopic (exact) mass is 284 g/mol. The van der Waals surface area contributed by atoms with Crippen LogP contribution in [0, 0.1) is 5.92 Å². The van der Waals surface area contributed by atoms with Crippen LogP contribution in [0.4, 0.5) is 0 Å². The van der Waals surface area contributed by atoms with Crippen molar-refractivity contribution in [2.45, 2.75) is 77.6 Å². The molecule has 0 nitrogen and oxygen atoms in total. The van der Waals surface area contributed by atoms with Crippen LogP contribution in [-0.4, -0.2) is 0 Å². The summed E-state index contributed by atoms with van der Waals surface area (Å²) >= 11 is 0. The van der Waals surface area contributed by atoms with Gasteiger partial charge < -0.3 is 0 Å². The van der Waals surface area contributed by atoms with Gasteiger partial charge in [0, 0.05) is 19.5 Å². The van der Waals surface area contributed by atoms with Gasteiger partial charge in [-0.05, 0) is 5.92 Å². The van der Waals surface area contributed by atoms with Gasteiger partial charge in [0.15, 0.2) is 0 Å². The Kier molecular flexibility index (Phi) is 10.6. The van der Waals surface area contributed by atoms with Crippen molar-refractivity contribution in [3.63, 3.8) is 0 Å². The average Bonchev–Trinajstić information content (AvgIpc) is 2.79. The molecule has 2 rings (SSSR count). The van der Waals surface area contributed by atoms with E-state index in [9.17, 15) is 0 Å². The van der Waals surface area contributed by atoms with Crippen molar-refractivity contribution >= 4 is 0 Å². The largest absolute Gasteiger partial charge is 0.0654 e. The molecule has 0 spiro atoms. The second-order valence-corrected chi connectivity index (χ2v) is 4.71. The molecule has 0 aromatic rings. The smallest absolute Gasteiger partial charge is 0 e. The summed E-state index contributed by atoms with van der Waals surface area (Å²) in [6.07, 6.45) is 16.4. The van der Waals surface area contributed by atoms with Gasteiger partial charge in [-0.2, -0.15) is 0 Å². The maximum absolute atomic E-state index is 2.29. The Morgan fingerprint density at radius 2 is 1.21 bits per heavy atom. The zero-order chi connectivity index (χ0) is 9.36. The Bertz CT molecular complexity index is 94.2. The molecular weight excluding hydrogens is 257 g/mol. The summed E-state index contributed by atoms with van der Waals surface area (Å²) in [4.78, 5) is 0. The first kappa shape index (κ1) is 14.6. The standard InChI is InChI=1S/C8H16.C5H10.Ru/c1-2-5-8-6-3-4-7-8;1-2-4-5-3-1;/h8H,2-7H2,1H3;1-5H2;. The Morgan fingerprint density at radius 1 is 0.786 bits per heavy atom. The second-order valence-electron chi connectivity index (χ2n) is 4.71. The normalized spacial score (nSPS) is 21.2. The predicted molar refractivity (Wildman–Crippen MR) is 60.0 cm³/mol. The van der Waals surface area contributed by atoms with Gasteiger partial charge in [0.2, 0.25) is 0 Å². The maximum Gasteiger partial charge on any atom is 0 e. The number of rotatable bonds is 2. The fourth-order valence-corrected chi connectivity index (χ4v) is 2.59. The number of hydrogen-bond donors (Lipinski definition) is 0. The minimum atomic E-state index is 0. The Labute approximate surface area is 103 Å². The van der Waals surface area contributed by atoms with Gasteiger partial charge in [-0.1, -0.05) is 77.6 Å². The molecule has 0 heterocycles. The molecule has 0 atom stereocenters. The van der Waals surface area contributed by atoms with Crippen LogP contribution in [0.2, 0.25) is 0 Å². The SMILES string of the molecule is C1CCCC1.CCCC1CCCC1.[Ru]. The molecule has 0 aromatic carbocycles. The second kappa shape index (κ2) is 10.2. The van der Waals surface area contributed by atoms with Crippen molar-refractivity contribution in [2.24, 2.45) is 5.92 Å². The van der Waals surface area contributed by atoms with E-state index in [4.69, 9.17) is 0 Å². The molecule has 1 heteroatoms. The molecule has 0 saturated heterocycles. The fraction of sp³-hybridized carbons (Fsp3) is 1.00. The molecule has 2 saturated carbocycles. The fourth-order valence-electron chi connectivity index (χ4n) is 2.59. The van der Waals surface area contributed by atoms with Crippen LogP contribution in [0.3, 0.4) is 0 Å². The summed E-state index contributed by atoms with van der Waals surface area (Å²) < 4.78 is 0. The third kappa shape index (κ3) is 6.99. The van der Waals surface area contributed by atoms with Crippen molar-refractivity contribution in [1.29, 1.82) is 0 Å². The van der Waals surface area contributed by atoms with Crippen molar-refractivity contribution in [3.8, 4) is 0 Å². The molecule has 0 radical (unpaired) electrons. The Morgan fingerprint density at radius 3 is 1.57 bits per heavy atom. The van der Waals surface area contributed by atoms with Crippen molar-refractivity contribution < 1.29 is 19.5 Å². The van der Waals surface area contributed by atoms with Gasteiger partial charge in [-0.3, -0.25) is 0 Å². The third-order valence-electron chi connectivity index (χ3n) is 3.42. The van der Waals surface area contributed by atoms with Crippen molar-refractivity contribution in [2.75, 3.05) is 0 Å². The van der Waals surface area contributed by atoms with E-state index in [1.54, 1.807) is 0 Å². The maximum atomic E-state index is 2.29. The van der Waals surface area contributed by atoms with E-state index in [0.717, 1.165) is 5.92 Å². The van der Waals surface area contributed by atoms with Gasteiger partial charge in [0.1, 0.15) is 0 Å². The van der Waals surface area contributed by atoms with E-state index in [1.807, 2.05) is 0 Å². The van der Waals surface area contributed by atoms with Gasteiger partial charge in [-0.15, -0.1) is 0 Å². The summed E-state index contributed by atoms with van der Waals surface area (Å²) in [5.41, 5.74) is 0. The van der Waals surface area contributed by atoms with Crippen LogP contribution in [0.5, 0.6) is 0 Å². The molecule has 0 amide bonds. The summed E-state index contributed by atoms with van der Waals surface area (Å²) in [6, 6.07) is 0. The molecule has 2 aliphatic carbocycles. The van der Waals surface area contributed by atoms with Crippen molar-refractivity contribution in [3.05, 3.63) is 0 Å². The minimum absolute atomic E-state index is 0. The topological polar surface area (TPSA) is 0 Å². The summed E-state index contributed by atoms with van der Waals surface area (Å²) in [6.45, 7) is 2.29.